The number of nitrogens with two attached hydrogens (primary N) is 1. The Morgan fingerprint density at radius 1 is 0.863 bits per heavy atom. The molecule has 1 amide bonds. The molecule has 2 fully saturated rings. The van der Waals surface area contributed by atoms with E-state index >= 15 is 8.78 Å². The lowest BCUT2D eigenvalue weighted by molar-refractivity contribution is -0.239. The van der Waals surface area contributed by atoms with Crippen molar-refractivity contribution < 1.29 is 49.5 Å². The van der Waals surface area contributed by atoms with Crippen LogP contribution in [-0.2, 0) is 41.5 Å². The number of piperidine rings is 1. The second-order valence-electron chi connectivity index (χ2n) is 12.6. The number of rotatable bonds is 12. The number of hydrogen-bond acceptors (Lipinski definition) is 7. The van der Waals surface area contributed by atoms with Crippen molar-refractivity contribution in [2.45, 2.75) is 80.1 Å². The van der Waals surface area contributed by atoms with Crippen molar-refractivity contribution >= 4 is 33.5 Å². The lowest BCUT2D eigenvalue weighted by Gasteiger charge is -2.38. The monoisotopic (exact) mass is 757 g/mol. The van der Waals surface area contributed by atoms with Gasteiger partial charge in [-0.15, -0.1) is 0 Å². The van der Waals surface area contributed by atoms with Crippen LogP contribution < -0.4 is 5.73 Å². The van der Waals surface area contributed by atoms with E-state index in [1.54, 1.807) is 24.3 Å². The fourth-order valence-electron chi connectivity index (χ4n) is 6.06. The topological polar surface area (TPSA) is 119 Å². The molecule has 1 aliphatic heterocycles. The SMILES string of the molecule is NC1CCN(C(=O)[C@H](N(OC(=O)C(F)(F)F)S(=O)(=O)c2ccc(CCOC3CCCC3)cc2)C(F)(F)c2ccc(-c3ccc(Cl)cc3)cc2)CC1. The van der Waals surface area contributed by atoms with Gasteiger partial charge in [-0.3, -0.25) is 4.79 Å². The van der Waals surface area contributed by atoms with Crippen molar-refractivity contribution in [3.05, 3.63) is 88.9 Å². The number of benzene rings is 3. The molecule has 2 aliphatic rings. The summed E-state index contributed by atoms with van der Waals surface area (Å²) in [5.74, 6) is -9.22. The van der Waals surface area contributed by atoms with Gasteiger partial charge in [-0.1, -0.05) is 73.0 Å². The van der Waals surface area contributed by atoms with Gasteiger partial charge in [-0.2, -0.15) is 22.0 Å². The van der Waals surface area contributed by atoms with E-state index < -0.39 is 61.0 Å². The summed E-state index contributed by atoms with van der Waals surface area (Å²) >= 11 is 5.94. The van der Waals surface area contributed by atoms with Gasteiger partial charge in [-0.05, 0) is 77.5 Å². The number of carbonyl (C=O) groups is 2. The van der Waals surface area contributed by atoms with Gasteiger partial charge in [0, 0.05) is 29.7 Å². The van der Waals surface area contributed by atoms with E-state index in [1.807, 2.05) is 0 Å². The van der Waals surface area contributed by atoms with Gasteiger partial charge in [0.25, 0.3) is 15.9 Å². The fraction of sp³-hybridized carbons (Fsp3) is 0.429. The van der Waals surface area contributed by atoms with E-state index in [-0.39, 0.29) is 32.0 Å². The second-order valence-corrected chi connectivity index (χ2v) is 14.8. The number of hydroxylamine groups is 1. The molecular formula is C35H37ClF5N3O6S. The largest absolute Gasteiger partial charge is 0.492 e. The van der Waals surface area contributed by atoms with Crippen molar-refractivity contribution in [3.63, 3.8) is 0 Å². The molecule has 0 aromatic heterocycles. The van der Waals surface area contributed by atoms with E-state index in [2.05, 4.69) is 4.84 Å². The Labute approximate surface area is 297 Å². The van der Waals surface area contributed by atoms with Crippen LogP contribution in [-0.4, -0.2) is 73.7 Å². The van der Waals surface area contributed by atoms with Crippen LogP contribution in [0, 0.1) is 0 Å². The third kappa shape index (κ3) is 9.24. The number of likely N-dealkylation sites (tertiary alicyclic amines) is 1. The lowest BCUT2D eigenvalue weighted by atomic mass is 9.96. The molecule has 5 rings (SSSR count). The second kappa shape index (κ2) is 15.9. The number of ether oxygens (including phenoxy) is 1. The molecule has 51 heavy (non-hydrogen) atoms. The van der Waals surface area contributed by atoms with Gasteiger partial charge in [-0.25, -0.2) is 13.2 Å². The summed E-state index contributed by atoms with van der Waals surface area (Å²) in [4.78, 5) is 30.6. The van der Waals surface area contributed by atoms with E-state index in [1.165, 1.54) is 24.3 Å². The Kier molecular flexibility index (Phi) is 12.1. The van der Waals surface area contributed by atoms with Crippen LogP contribution in [0.3, 0.4) is 0 Å². The van der Waals surface area contributed by atoms with Gasteiger partial charge in [0.1, 0.15) is 0 Å². The first-order valence-electron chi connectivity index (χ1n) is 16.4. The number of amides is 1. The van der Waals surface area contributed by atoms with E-state index in [0.29, 0.717) is 34.7 Å². The normalized spacial score (nSPS) is 17.1. The lowest BCUT2D eigenvalue weighted by Crippen LogP contribution is -2.60. The summed E-state index contributed by atoms with van der Waals surface area (Å²) in [6.07, 6.45) is -1.01. The van der Waals surface area contributed by atoms with Crippen LogP contribution in [0.25, 0.3) is 11.1 Å². The van der Waals surface area contributed by atoms with Crippen LogP contribution >= 0.6 is 11.6 Å². The number of sulfonamides is 1. The maximum absolute atomic E-state index is 16.8. The zero-order chi connectivity index (χ0) is 37.0. The Balaban J connectivity index is 1.53. The minimum absolute atomic E-state index is 0.127. The minimum Gasteiger partial charge on any atom is -0.378 e. The molecule has 16 heteroatoms. The standard InChI is InChI=1S/C35H37ClF5N3O6S/c36-27-13-9-25(10-14-27)24-7-11-26(12-8-24)34(37,38)31(32(45)43-20-17-28(42)18-21-43)44(50-33(46)35(39,40)41)51(47,48)30-15-5-23(6-16-30)19-22-49-29-3-1-2-4-29/h5-16,28-29,31H,1-4,17-22,42H2/t31-/m0/s1. The Morgan fingerprint density at radius 2 is 1.41 bits per heavy atom. The van der Waals surface area contributed by atoms with Crippen LogP contribution in [0.2, 0.25) is 5.02 Å². The van der Waals surface area contributed by atoms with E-state index in [4.69, 9.17) is 22.1 Å². The smallest absolute Gasteiger partial charge is 0.378 e. The van der Waals surface area contributed by atoms with Crippen LogP contribution in [0.1, 0.15) is 49.7 Å². The molecular weight excluding hydrogens is 721 g/mol. The first kappa shape index (κ1) is 38.6. The van der Waals surface area contributed by atoms with Gasteiger partial charge < -0.3 is 20.2 Å². The average molecular weight is 758 g/mol. The average Bonchev–Trinajstić information content (AvgIpc) is 3.62. The van der Waals surface area contributed by atoms with Crippen LogP contribution in [0.4, 0.5) is 22.0 Å². The van der Waals surface area contributed by atoms with E-state index in [0.717, 1.165) is 54.8 Å². The van der Waals surface area contributed by atoms with Gasteiger partial charge >= 0.3 is 18.1 Å². The highest BCUT2D eigenvalue weighted by atomic mass is 35.5. The van der Waals surface area contributed by atoms with Crippen molar-refractivity contribution in [3.8, 4) is 11.1 Å². The molecule has 1 heterocycles. The summed E-state index contributed by atoms with van der Waals surface area (Å²) in [6.45, 7) is -0.0627. The molecule has 0 bridgehead atoms. The van der Waals surface area contributed by atoms with Crippen molar-refractivity contribution in [1.82, 2.24) is 9.37 Å². The first-order valence-corrected chi connectivity index (χ1v) is 18.2. The third-order valence-electron chi connectivity index (χ3n) is 9.00. The Bertz CT molecular complexity index is 1760. The third-order valence-corrected chi connectivity index (χ3v) is 10.9. The number of alkyl halides is 5. The molecule has 9 nitrogen and oxygen atoms in total. The maximum atomic E-state index is 16.8. The first-order chi connectivity index (χ1) is 24.1. The molecule has 3 aromatic rings. The summed E-state index contributed by atoms with van der Waals surface area (Å²) in [5, 5.41) is 0.430. The molecule has 1 saturated carbocycles. The molecule has 3 aromatic carbocycles. The van der Waals surface area contributed by atoms with Crippen LogP contribution in [0.5, 0.6) is 0 Å². The predicted molar refractivity (Wildman–Crippen MR) is 178 cm³/mol. The van der Waals surface area contributed by atoms with Crippen molar-refractivity contribution in [1.29, 1.82) is 0 Å². The number of nitrogens with zero attached hydrogens (tertiary/aromatic N) is 2. The van der Waals surface area contributed by atoms with Crippen LogP contribution in [0.15, 0.2) is 77.7 Å². The van der Waals surface area contributed by atoms with E-state index in [9.17, 15) is 31.2 Å². The quantitative estimate of drug-likeness (QED) is 0.163. The maximum Gasteiger partial charge on any atom is 0.492 e. The highest BCUT2D eigenvalue weighted by molar-refractivity contribution is 7.89. The van der Waals surface area contributed by atoms with Gasteiger partial charge in [0.15, 0.2) is 0 Å². The Hall–Kier alpha value is -3.63. The summed E-state index contributed by atoms with van der Waals surface area (Å²) in [5.41, 5.74) is 6.61. The molecule has 1 saturated heterocycles. The fourth-order valence-corrected chi connectivity index (χ4v) is 7.54. The minimum atomic E-state index is -5.81. The van der Waals surface area contributed by atoms with Gasteiger partial charge in [0.05, 0.1) is 17.6 Å². The molecule has 0 radical (unpaired) electrons. The predicted octanol–water partition coefficient (Wildman–Crippen LogP) is 6.63. The molecule has 0 unspecified atom stereocenters. The zero-order valence-electron chi connectivity index (χ0n) is 27.3. The Morgan fingerprint density at radius 3 is 1.96 bits per heavy atom. The summed E-state index contributed by atoms with van der Waals surface area (Å²) in [6, 6.07) is 11.7. The van der Waals surface area contributed by atoms with Gasteiger partial charge in [0.2, 0.25) is 6.04 Å². The number of hydrogen-bond donors (Lipinski definition) is 1. The summed E-state index contributed by atoms with van der Waals surface area (Å²) < 4.78 is 107. The molecule has 0 spiro atoms. The number of carbonyl (C=O) groups excluding carboxylic acids is 2. The number of halogens is 6. The van der Waals surface area contributed by atoms with Crippen molar-refractivity contribution in [2.75, 3.05) is 19.7 Å². The molecule has 1 atom stereocenters. The molecule has 1 aliphatic carbocycles. The van der Waals surface area contributed by atoms with Crippen molar-refractivity contribution in [2.24, 2.45) is 5.73 Å². The summed E-state index contributed by atoms with van der Waals surface area (Å²) in [7, 11) is -5.55. The zero-order valence-corrected chi connectivity index (χ0v) is 28.9. The highest BCUT2D eigenvalue weighted by Gasteiger charge is 2.58. The highest BCUT2D eigenvalue weighted by Crippen LogP contribution is 2.40. The molecule has 276 valence electrons. The molecule has 2 N–H and O–H groups in total.